The molecule has 0 aliphatic carbocycles. The summed E-state index contributed by atoms with van der Waals surface area (Å²) >= 11 is 3.33. The number of hydrogen-bond acceptors (Lipinski definition) is 5. The molecular formula is C15H8BrNO5. The number of rotatable bonds is 3. The zero-order valence-electron chi connectivity index (χ0n) is 11.0. The van der Waals surface area contributed by atoms with Crippen LogP contribution in [0.15, 0.2) is 56.9 Å². The largest absolute Gasteiger partial charge is 0.433 e. The Morgan fingerprint density at radius 3 is 2.50 bits per heavy atom. The zero-order chi connectivity index (χ0) is 15.7. The molecule has 0 unspecified atom stereocenters. The number of carbonyl (C=O) groups is 1. The summed E-state index contributed by atoms with van der Waals surface area (Å²) < 4.78 is 11.1. The number of nitrogens with zero attached hydrogens (tertiary/aromatic N) is 1. The highest BCUT2D eigenvalue weighted by molar-refractivity contribution is 9.10. The quantitative estimate of drug-likeness (QED) is 0.358. The lowest BCUT2D eigenvalue weighted by atomic mass is 10.1. The summed E-state index contributed by atoms with van der Waals surface area (Å²) in [5, 5.41) is 10.6. The predicted octanol–water partition coefficient (Wildman–Crippen LogP) is 3.93. The summed E-state index contributed by atoms with van der Waals surface area (Å²) in [4.78, 5) is 21.8. The Morgan fingerprint density at radius 1 is 1.14 bits per heavy atom. The molecule has 0 N–H and O–H groups in total. The molecule has 0 saturated carbocycles. The third kappa shape index (κ3) is 2.84. The molecule has 1 aromatic heterocycles. The van der Waals surface area contributed by atoms with Crippen LogP contribution in [0.5, 0.6) is 0 Å². The van der Waals surface area contributed by atoms with Crippen LogP contribution in [0.25, 0.3) is 11.8 Å². The van der Waals surface area contributed by atoms with Crippen molar-refractivity contribution in [2.24, 2.45) is 0 Å². The Balaban J connectivity index is 1.90. The second kappa shape index (κ2) is 5.61. The summed E-state index contributed by atoms with van der Waals surface area (Å²) in [7, 11) is 0. The fourth-order valence-corrected chi connectivity index (χ4v) is 2.18. The number of benzene rings is 1. The lowest BCUT2D eigenvalue weighted by Gasteiger charge is -2.01. The fraction of sp³-hybridized carbons (Fsp3) is 0. The second-order valence-corrected chi connectivity index (χ2v) is 5.35. The van der Waals surface area contributed by atoms with Gasteiger partial charge in [0.2, 0.25) is 0 Å². The van der Waals surface area contributed by atoms with Gasteiger partial charge in [0.15, 0.2) is 0 Å². The minimum atomic E-state index is -0.641. The van der Waals surface area contributed by atoms with Gasteiger partial charge in [0.1, 0.15) is 16.4 Å². The van der Waals surface area contributed by atoms with Crippen molar-refractivity contribution in [3.05, 3.63) is 74.0 Å². The van der Waals surface area contributed by atoms with E-state index in [0.29, 0.717) is 5.76 Å². The van der Waals surface area contributed by atoms with Gasteiger partial charge in [-0.2, -0.15) is 0 Å². The lowest BCUT2D eigenvalue weighted by Crippen LogP contribution is -1.96. The topological polar surface area (TPSA) is 82.6 Å². The van der Waals surface area contributed by atoms with Crippen molar-refractivity contribution in [1.29, 1.82) is 0 Å². The standard InChI is InChI=1S/C15H8BrNO5/c16-11-3-1-9(2-4-11)13-8-10(15(18)22-13)7-12-5-6-14(21-12)17(19)20/h1-8H. The van der Waals surface area contributed by atoms with Crippen molar-refractivity contribution in [1.82, 2.24) is 0 Å². The van der Waals surface area contributed by atoms with E-state index in [1.807, 2.05) is 24.3 Å². The molecule has 7 heteroatoms. The number of halogens is 1. The number of carbonyl (C=O) groups excluding carboxylic acids is 1. The first-order valence-corrected chi connectivity index (χ1v) is 6.98. The van der Waals surface area contributed by atoms with Gasteiger partial charge in [-0.25, -0.2) is 4.79 Å². The van der Waals surface area contributed by atoms with Crippen molar-refractivity contribution in [2.75, 3.05) is 0 Å². The van der Waals surface area contributed by atoms with Crippen LogP contribution in [0, 0.1) is 10.1 Å². The molecule has 0 spiro atoms. The van der Waals surface area contributed by atoms with E-state index in [1.54, 1.807) is 6.08 Å². The number of nitro groups is 1. The van der Waals surface area contributed by atoms with Crippen molar-refractivity contribution in [3.8, 4) is 0 Å². The van der Waals surface area contributed by atoms with Gasteiger partial charge in [-0.05, 0) is 30.4 Å². The molecule has 1 aliphatic heterocycles. The molecule has 0 saturated heterocycles. The van der Waals surface area contributed by atoms with Crippen LogP contribution in [0.4, 0.5) is 5.88 Å². The van der Waals surface area contributed by atoms with Gasteiger partial charge in [0.05, 0.1) is 11.6 Å². The van der Waals surface area contributed by atoms with Crippen LogP contribution >= 0.6 is 15.9 Å². The molecule has 0 radical (unpaired) electrons. The molecule has 22 heavy (non-hydrogen) atoms. The van der Waals surface area contributed by atoms with Crippen LogP contribution in [-0.2, 0) is 9.53 Å². The average molecular weight is 362 g/mol. The van der Waals surface area contributed by atoms with Crippen molar-refractivity contribution < 1.29 is 18.9 Å². The Morgan fingerprint density at radius 2 is 1.86 bits per heavy atom. The summed E-state index contributed by atoms with van der Waals surface area (Å²) in [5.41, 5.74) is 1.02. The van der Waals surface area contributed by atoms with E-state index in [2.05, 4.69) is 15.9 Å². The lowest BCUT2D eigenvalue weighted by molar-refractivity contribution is -0.402. The third-order valence-electron chi connectivity index (χ3n) is 2.94. The third-order valence-corrected chi connectivity index (χ3v) is 3.47. The highest BCUT2D eigenvalue weighted by atomic mass is 79.9. The number of ether oxygens (including phenoxy) is 1. The fourth-order valence-electron chi connectivity index (χ4n) is 1.92. The van der Waals surface area contributed by atoms with Crippen LogP contribution in [-0.4, -0.2) is 10.9 Å². The normalized spacial score (nSPS) is 15.8. The van der Waals surface area contributed by atoms with Gasteiger partial charge in [-0.1, -0.05) is 28.1 Å². The van der Waals surface area contributed by atoms with E-state index >= 15 is 0 Å². The molecule has 2 aromatic rings. The number of cyclic esters (lactones) is 1. The van der Waals surface area contributed by atoms with Gasteiger partial charge in [-0.15, -0.1) is 0 Å². The van der Waals surface area contributed by atoms with Gasteiger partial charge < -0.3 is 9.15 Å². The Kier molecular flexibility index (Phi) is 3.64. The smallest absolute Gasteiger partial charge is 0.422 e. The molecule has 0 atom stereocenters. The highest BCUT2D eigenvalue weighted by Crippen LogP contribution is 2.29. The van der Waals surface area contributed by atoms with E-state index < -0.39 is 10.9 Å². The molecule has 6 nitrogen and oxygen atoms in total. The maximum atomic E-state index is 11.8. The van der Waals surface area contributed by atoms with E-state index in [-0.39, 0.29) is 17.2 Å². The first-order valence-electron chi connectivity index (χ1n) is 6.19. The summed E-state index contributed by atoms with van der Waals surface area (Å²) in [5.74, 6) is -0.274. The van der Waals surface area contributed by atoms with Crippen LogP contribution in [0.2, 0.25) is 0 Å². The van der Waals surface area contributed by atoms with Crippen molar-refractivity contribution in [2.45, 2.75) is 0 Å². The van der Waals surface area contributed by atoms with E-state index in [0.717, 1.165) is 10.0 Å². The number of furan rings is 1. The summed E-state index contributed by atoms with van der Waals surface area (Å²) in [6.07, 6.45) is 2.97. The minimum absolute atomic E-state index is 0.215. The van der Waals surface area contributed by atoms with Crippen molar-refractivity contribution >= 4 is 39.6 Å². The maximum Gasteiger partial charge on any atom is 0.433 e. The Hall–Kier alpha value is -2.67. The molecule has 3 rings (SSSR count). The van der Waals surface area contributed by atoms with Crippen molar-refractivity contribution in [3.63, 3.8) is 0 Å². The van der Waals surface area contributed by atoms with Gasteiger partial charge in [-0.3, -0.25) is 10.1 Å². The second-order valence-electron chi connectivity index (χ2n) is 4.44. The van der Waals surface area contributed by atoms with Gasteiger partial charge in [0.25, 0.3) is 0 Å². The van der Waals surface area contributed by atoms with Crippen LogP contribution in [0.3, 0.4) is 0 Å². The average Bonchev–Trinajstić information content (AvgIpc) is 3.08. The molecule has 0 amide bonds. The molecule has 1 aliphatic rings. The van der Waals surface area contributed by atoms with Crippen LogP contribution < -0.4 is 0 Å². The minimum Gasteiger partial charge on any atom is -0.422 e. The SMILES string of the molecule is O=C1OC(c2ccc(Br)cc2)=CC1=Cc1ccc([N+](=O)[O-])o1. The Labute approximate surface area is 133 Å². The molecule has 0 fully saturated rings. The van der Waals surface area contributed by atoms with Gasteiger partial charge in [0, 0.05) is 10.0 Å². The highest BCUT2D eigenvalue weighted by Gasteiger charge is 2.23. The van der Waals surface area contributed by atoms with E-state index in [1.165, 1.54) is 18.2 Å². The first kappa shape index (κ1) is 14.3. The molecular weight excluding hydrogens is 354 g/mol. The Bertz CT molecular complexity index is 817. The predicted molar refractivity (Wildman–Crippen MR) is 81.6 cm³/mol. The summed E-state index contributed by atoms with van der Waals surface area (Å²) in [6.45, 7) is 0. The maximum absolute atomic E-state index is 11.8. The number of hydrogen-bond donors (Lipinski definition) is 0. The van der Waals surface area contributed by atoms with Crippen LogP contribution in [0.1, 0.15) is 11.3 Å². The monoisotopic (exact) mass is 361 g/mol. The molecule has 2 heterocycles. The molecule has 0 bridgehead atoms. The van der Waals surface area contributed by atoms with E-state index in [9.17, 15) is 14.9 Å². The first-order chi connectivity index (χ1) is 10.5. The summed E-state index contributed by atoms with van der Waals surface area (Å²) in [6, 6.07) is 9.94. The van der Waals surface area contributed by atoms with Gasteiger partial charge >= 0.3 is 11.9 Å². The molecule has 110 valence electrons. The number of esters is 1. The van der Waals surface area contributed by atoms with E-state index in [4.69, 9.17) is 9.15 Å². The molecule has 1 aromatic carbocycles. The zero-order valence-corrected chi connectivity index (χ0v) is 12.6.